The number of nitrogens with one attached hydrogen (secondary N) is 1. The van der Waals surface area contributed by atoms with Gasteiger partial charge in [-0.3, -0.25) is 4.79 Å². The standard InChI is InChI=1S/C16H26ClNO/c1-14-5-12-6-15(2,9-14)11-16(7-12,10-14)8-13(19)18-4-3-17/h12H,3-11H2,1-2H3,(H,18,19). The van der Waals surface area contributed by atoms with Crippen molar-refractivity contribution in [2.45, 2.75) is 58.8 Å². The molecule has 0 aromatic heterocycles. The van der Waals surface area contributed by atoms with E-state index in [4.69, 9.17) is 11.6 Å². The molecule has 1 amide bonds. The number of hydrogen-bond donors (Lipinski definition) is 1. The molecular weight excluding hydrogens is 258 g/mol. The summed E-state index contributed by atoms with van der Waals surface area (Å²) in [7, 11) is 0. The predicted octanol–water partition coefficient (Wildman–Crippen LogP) is 3.73. The molecule has 4 fully saturated rings. The van der Waals surface area contributed by atoms with Crippen LogP contribution in [0, 0.1) is 22.2 Å². The van der Waals surface area contributed by atoms with E-state index in [1.807, 2.05) is 0 Å². The zero-order chi connectivity index (χ0) is 13.7. The zero-order valence-corrected chi connectivity index (χ0v) is 13.0. The van der Waals surface area contributed by atoms with Crippen LogP contribution in [0.25, 0.3) is 0 Å². The van der Waals surface area contributed by atoms with Gasteiger partial charge in [-0.05, 0) is 60.7 Å². The Balaban J connectivity index is 1.75. The van der Waals surface area contributed by atoms with Gasteiger partial charge in [0.25, 0.3) is 0 Å². The lowest BCUT2D eigenvalue weighted by atomic mass is 9.40. The molecule has 1 N–H and O–H groups in total. The first-order valence-electron chi connectivity index (χ1n) is 7.69. The average molecular weight is 284 g/mol. The third-order valence-corrected chi connectivity index (χ3v) is 5.88. The van der Waals surface area contributed by atoms with Crippen molar-refractivity contribution in [1.29, 1.82) is 0 Å². The molecule has 2 unspecified atom stereocenters. The first-order chi connectivity index (χ1) is 8.86. The number of carbonyl (C=O) groups excluding carboxylic acids is 1. The number of rotatable bonds is 4. The summed E-state index contributed by atoms with van der Waals surface area (Å²) >= 11 is 5.65. The highest BCUT2D eigenvalue weighted by molar-refractivity contribution is 6.18. The number of halogens is 1. The van der Waals surface area contributed by atoms with Gasteiger partial charge in [-0.1, -0.05) is 13.8 Å². The van der Waals surface area contributed by atoms with E-state index >= 15 is 0 Å². The quantitative estimate of drug-likeness (QED) is 0.783. The van der Waals surface area contributed by atoms with Gasteiger partial charge in [-0.25, -0.2) is 0 Å². The molecule has 108 valence electrons. The lowest BCUT2D eigenvalue weighted by Gasteiger charge is -2.65. The molecule has 4 aliphatic rings. The van der Waals surface area contributed by atoms with E-state index in [0.717, 1.165) is 12.3 Å². The van der Waals surface area contributed by atoms with Crippen molar-refractivity contribution in [2.75, 3.05) is 12.4 Å². The summed E-state index contributed by atoms with van der Waals surface area (Å²) in [5, 5.41) is 2.96. The highest BCUT2D eigenvalue weighted by atomic mass is 35.5. The smallest absolute Gasteiger partial charge is 0.220 e. The van der Waals surface area contributed by atoms with Crippen LogP contribution in [0.1, 0.15) is 58.8 Å². The lowest BCUT2D eigenvalue weighted by Crippen LogP contribution is -2.56. The summed E-state index contributed by atoms with van der Waals surface area (Å²) in [4.78, 5) is 12.1. The van der Waals surface area contributed by atoms with Crippen molar-refractivity contribution >= 4 is 17.5 Å². The maximum atomic E-state index is 12.1. The number of carbonyl (C=O) groups is 1. The van der Waals surface area contributed by atoms with Crippen molar-refractivity contribution in [2.24, 2.45) is 22.2 Å². The van der Waals surface area contributed by atoms with Crippen LogP contribution in [0.3, 0.4) is 0 Å². The number of alkyl halides is 1. The van der Waals surface area contributed by atoms with Crippen LogP contribution >= 0.6 is 11.6 Å². The molecular formula is C16H26ClNO. The van der Waals surface area contributed by atoms with Gasteiger partial charge in [0, 0.05) is 18.8 Å². The van der Waals surface area contributed by atoms with Crippen LogP contribution in [0.2, 0.25) is 0 Å². The number of hydrogen-bond acceptors (Lipinski definition) is 1. The topological polar surface area (TPSA) is 29.1 Å². The van der Waals surface area contributed by atoms with Gasteiger partial charge in [-0.15, -0.1) is 11.6 Å². The largest absolute Gasteiger partial charge is 0.355 e. The van der Waals surface area contributed by atoms with Crippen molar-refractivity contribution in [1.82, 2.24) is 5.32 Å². The van der Waals surface area contributed by atoms with E-state index < -0.39 is 0 Å². The van der Waals surface area contributed by atoms with E-state index in [1.54, 1.807) is 0 Å². The van der Waals surface area contributed by atoms with Gasteiger partial charge >= 0.3 is 0 Å². The monoisotopic (exact) mass is 283 g/mol. The molecule has 0 aromatic rings. The van der Waals surface area contributed by atoms with Gasteiger partial charge < -0.3 is 5.32 Å². The van der Waals surface area contributed by atoms with Crippen LogP contribution in [-0.4, -0.2) is 18.3 Å². The van der Waals surface area contributed by atoms with Crippen LogP contribution < -0.4 is 5.32 Å². The van der Waals surface area contributed by atoms with E-state index in [2.05, 4.69) is 19.2 Å². The lowest BCUT2D eigenvalue weighted by molar-refractivity contribution is -0.155. The summed E-state index contributed by atoms with van der Waals surface area (Å²) in [6.07, 6.45) is 8.71. The molecule has 4 saturated carbocycles. The van der Waals surface area contributed by atoms with E-state index in [9.17, 15) is 4.79 Å². The summed E-state index contributed by atoms with van der Waals surface area (Å²) in [5.41, 5.74) is 1.29. The summed E-state index contributed by atoms with van der Waals surface area (Å²) in [5.74, 6) is 1.60. The molecule has 0 aromatic carbocycles. The SMILES string of the molecule is CC12CC3CC(C)(C1)CC(CC(=O)NCCCl)(C3)C2. The molecule has 4 bridgehead atoms. The highest BCUT2D eigenvalue weighted by Gasteiger charge is 2.60. The van der Waals surface area contributed by atoms with Crippen LogP contribution in [0.15, 0.2) is 0 Å². The normalized spacial score (nSPS) is 47.4. The Morgan fingerprint density at radius 1 is 1.16 bits per heavy atom. The third-order valence-electron chi connectivity index (χ3n) is 5.69. The molecule has 4 aliphatic carbocycles. The maximum Gasteiger partial charge on any atom is 0.220 e. The highest BCUT2D eigenvalue weighted by Crippen LogP contribution is 2.70. The van der Waals surface area contributed by atoms with Gasteiger partial charge in [0.15, 0.2) is 0 Å². The second-order valence-electron chi connectivity index (χ2n) is 8.35. The minimum atomic E-state index is 0.217. The minimum absolute atomic E-state index is 0.217. The maximum absolute atomic E-state index is 12.1. The van der Waals surface area contributed by atoms with Gasteiger partial charge in [0.1, 0.15) is 0 Å². The van der Waals surface area contributed by atoms with Gasteiger partial charge in [0.05, 0.1) is 0 Å². The molecule has 0 aliphatic heterocycles. The Kier molecular flexibility index (Phi) is 3.16. The van der Waals surface area contributed by atoms with E-state index in [-0.39, 0.29) is 5.91 Å². The Morgan fingerprint density at radius 3 is 2.32 bits per heavy atom. The molecule has 3 heteroatoms. The third kappa shape index (κ3) is 2.53. The molecule has 0 heterocycles. The first kappa shape index (κ1) is 13.7. The Bertz CT molecular complexity index is 376. The van der Waals surface area contributed by atoms with Crippen molar-refractivity contribution in [3.05, 3.63) is 0 Å². The minimum Gasteiger partial charge on any atom is -0.355 e. The fourth-order valence-corrected chi connectivity index (χ4v) is 6.57. The molecule has 19 heavy (non-hydrogen) atoms. The van der Waals surface area contributed by atoms with Gasteiger partial charge in [-0.2, -0.15) is 0 Å². The zero-order valence-electron chi connectivity index (χ0n) is 12.2. The second kappa shape index (κ2) is 4.38. The van der Waals surface area contributed by atoms with Crippen molar-refractivity contribution in [3.8, 4) is 0 Å². The molecule has 2 nitrogen and oxygen atoms in total. The molecule has 2 atom stereocenters. The fourth-order valence-electron chi connectivity index (χ4n) is 6.47. The second-order valence-corrected chi connectivity index (χ2v) is 8.72. The summed E-state index contributed by atoms with van der Waals surface area (Å²) < 4.78 is 0. The molecule has 0 saturated heterocycles. The van der Waals surface area contributed by atoms with Gasteiger partial charge in [0.2, 0.25) is 5.91 Å². The first-order valence-corrected chi connectivity index (χ1v) is 8.22. The summed E-state index contributed by atoms with van der Waals surface area (Å²) in [6.45, 7) is 5.52. The predicted molar refractivity (Wildman–Crippen MR) is 78.2 cm³/mol. The van der Waals surface area contributed by atoms with Crippen LogP contribution in [-0.2, 0) is 4.79 Å². The fraction of sp³-hybridized carbons (Fsp3) is 0.938. The average Bonchev–Trinajstić information content (AvgIpc) is 2.20. The number of amides is 1. The van der Waals surface area contributed by atoms with Crippen LogP contribution in [0.4, 0.5) is 0 Å². The Hall–Kier alpha value is -0.240. The Morgan fingerprint density at radius 2 is 1.79 bits per heavy atom. The molecule has 4 rings (SSSR count). The van der Waals surface area contributed by atoms with Crippen LogP contribution in [0.5, 0.6) is 0 Å². The van der Waals surface area contributed by atoms with Crippen molar-refractivity contribution < 1.29 is 4.79 Å². The van der Waals surface area contributed by atoms with E-state index in [0.29, 0.717) is 28.7 Å². The Labute approximate surface area is 121 Å². The molecule has 0 radical (unpaired) electrons. The molecule has 0 spiro atoms. The van der Waals surface area contributed by atoms with E-state index in [1.165, 1.54) is 38.5 Å². The summed E-state index contributed by atoms with van der Waals surface area (Å²) in [6, 6.07) is 0. The van der Waals surface area contributed by atoms with Crippen molar-refractivity contribution in [3.63, 3.8) is 0 Å².